The lowest BCUT2D eigenvalue weighted by atomic mass is 9.98. The quantitative estimate of drug-likeness (QED) is 0.876. The molecule has 0 saturated heterocycles. The molecule has 18 heavy (non-hydrogen) atoms. The number of fused-ring (bicyclic) bond motifs is 1. The summed E-state index contributed by atoms with van der Waals surface area (Å²) < 4.78 is 2.16. The Balaban J connectivity index is 1.89. The standard InChI is InChI=1S/C15H21N3/c1-10-8-9-12(11(10)2)16-15-17-13-6-4-5-7-14(13)18(15)3/h4-7,10-12H,8-9H2,1-3H3,(H,16,17). The van der Waals surface area contributed by atoms with Gasteiger partial charge in [0.25, 0.3) is 0 Å². The van der Waals surface area contributed by atoms with Crippen molar-refractivity contribution in [3.05, 3.63) is 24.3 Å². The molecule has 3 rings (SSSR count). The summed E-state index contributed by atoms with van der Waals surface area (Å²) in [5, 5.41) is 3.63. The molecular formula is C15H21N3. The molecule has 1 aliphatic rings. The van der Waals surface area contributed by atoms with Gasteiger partial charge in [-0.1, -0.05) is 26.0 Å². The van der Waals surface area contributed by atoms with Crippen LogP contribution in [0.5, 0.6) is 0 Å². The predicted molar refractivity (Wildman–Crippen MR) is 75.7 cm³/mol. The van der Waals surface area contributed by atoms with Crippen molar-refractivity contribution in [2.75, 3.05) is 5.32 Å². The predicted octanol–water partition coefficient (Wildman–Crippen LogP) is 3.42. The van der Waals surface area contributed by atoms with Crippen LogP contribution in [0.15, 0.2) is 24.3 Å². The molecule has 1 aromatic carbocycles. The third kappa shape index (κ3) is 1.78. The fourth-order valence-corrected chi connectivity index (χ4v) is 3.01. The second-order valence-corrected chi connectivity index (χ2v) is 5.65. The van der Waals surface area contributed by atoms with Crippen molar-refractivity contribution in [2.24, 2.45) is 18.9 Å². The van der Waals surface area contributed by atoms with Gasteiger partial charge in [0.15, 0.2) is 0 Å². The summed E-state index contributed by atoms with van der Waals surface area (Å²) >= 11 is 0. The minimum absolute atomic E-state index is 0.565. The topological polar surface area (TPSA) is 29.9 Å². The Kier molecular flexibility index (Phi) is 2.77. The van der Waals surface area contributed by atoms with Crippen molar-refractivity contribution in [2.45, 2.75) is 32.7 Å². The summed E-state index contributed by atoms with van der Waals surface area (Å²) in [7, 11) is 2.08. The maximum absolute atomic E-state index is 4.69. The van der Waals surface area contributed by atoms with Gasteiger partial charge in [-0.25, -0.2) is 4.98 Å². The van der Waals surface area contributed by atoms with E-state index in [0.29, 0.717) is 6.04 Å². The Morgan fingerprint density at radius 1 is 1.22 bits per heavy atom. The zero-order valence-corrected chi connectivity index (χ0v) is 11.4. The highest BCUT2D eigenvalue weighted by Gasteiger charge is 2.30. The monoisotopic (exact) mass is 243 g/mol. The number of aromatic nitrogens is 2. The van der Waals surface area contributed by atoms with Crippen LogP contribution in [0.25, 0.3) is 11.0 Å². The molecule has 1 saturated carbocycles. The maximum atomic E-state index is 4.69. The molecule has 2 aromatic rings. The zero-order chi connectivity index (χ0) is 12.7. The van der Waals surface area contributed by atoms with E-state index in [-0.39, 0.29) is 0 Å². The number of para-hydroxylation sites is 2. The number of benzene rings is 1. The van der Waals surface area contributed by atoms with Gasteiger partial charge in [-0.05, 0) is 36.8 Å². The minimum Gasteiger partial charge on any atom is -0.353 e. The second kappa shape index (κ2) is 4.30. The van der Waals surface area contributed by atoms with Crippen molar-refractivity contribution in [1.29, 1.82) is 0 Å². The Morgan fingerprint density at radius 2 is 2.00 bits per heavy atom. The first-order chi connectivity index (χ1) is 8.66. The van der Waals surface area contributed by atoms with Crippen molar-refractivity contribution in [3.63, 3.8) is 0 Å². The SMILES string of the molecule is CC1CCC(Nc2nc3ccccc3n2C)C1C. The van der Waals surface area contributed by atoms with Crippen molar-refractivity contribution < 1.29 is 0 Å². The van der Waals surface area contributed by atoms with Crippen LogP contribution in [0.4, 0.5) is 5.95 Å². The molecule has 1 aliphatic carbocycles. The molecule has 3 unspecified atom stereocenters. The molecule has 3 atom stereocenters. The molecule has 1 N–H and O–H groups in total. The van der Waals surface area contributed by atoms with Gasteiger partial charge in [0, 0.05) is 13.1 Å². The van der Waals surface area contributed by atoms with Gasteiger partial charge in [0.2, 0.25) is 5.95 Å². The van der Waals surface area contributed by atoms with Gasteiger partial charge in [0.05, 0.1) is 11.0 Å². The number of rotatable bonds is 2. The molecule has 1 heterocycles. The summed E-state index contributed by atoms with van der Waals surface area (Å²) in [4.78, 5) is 4.69. The molecule has 3 heteroatoms. The summed E-state index contributed by atoms with van der Waals surface area (Å²) in [5.41, 5.74) is 2.26. The first-order valence-corrected chi connectivity index (χ1v) is 6.85. The molecule has 96 valence electrons. The first-order valence-electron chi connectivity index (χ1n) is 6.85. The lowest BCUT2D eigenvalue weighted by Gasteiger charge is -2.20. The van der Waals surface area contributed by atoms with Gasteiger partial charge in [-0.15, -0.1) is 0 Å². The lowest BCUT2D eigenvalue weighted by Crippen LogP contribution is -2.25. The van der Waals surface area contributed by atoms with Gasteiger partial charge in [-0.3, -0.25) is 0 Å². The van der Waals surface area contributed by atoms with Gasteiger partial charge in [-0.2, -0.15) is 0 Å². The third-order valence-electron chi connectivity index (χ3n) is 4.57. The third-order valence-corrected chi connectivity index (χ3v) is 4.57. The number of aryl methyl sites for hydroxylation is 1. The smallest absolute Gasteiger partial charge is 0.203 e. The first kappa shape index (κ1) is 11.6. The van der Waals surface area contributed by atoms with E-state index in [1.807, 2.05) is 6.07 Å². The molecule has 3 nitrogen and oxygen atoms in total. The van der Waals surface area contributed by atoms with E-state index < -0.39 is 0 Å². The molecule has 1 aromatic heterocycles. The number of anilines is 1. The Hall–Kier alpha value is -1.51. The van der Waals surface area contributed by atoms with Crippen LogP contribution < -0.4 is 5.32 Å². The van der Waals surface area contributed by atoms with Crippen LogP contribution in [-0.4, -0.2) is 15.6 Å². The van der Waals surface area contributed by atoms with Gasteiger partial charge in [0.1, 0.15) is 0 Å². The second-order valence-electron chi connectivity index (χ2n) is 5.65. The van der Waals surface area contributed by atoms with Gasteiger partial charge < -0.3 is 9.88 Å². The molecule has 1 fully saturated rings. The van der Waals surface area contributed by atoms with Gasteiger partial charge >= 0.3 is 0 Å². The average Bonchev–Trinajstić information content (AvgIpc) is 2.86. The van der Waals surface area contributed by atoms with Crippen molar-refractivity contribution in [1.82, 2.24) is 9.55 Å². The Bertz CT molecular complexity index is 558. The molecule has 0 aliphatic heterocycles. The molecule has 0 radical (unpaired) electrons. The average molecular weight is 243 g/mol. The van der Waals surface area contributed by atoms with Crippen LogP contribution in [0.2, 0.25) is 0 Å². The number of hydrogen-bond donors (Lipinski definition) is 1. The number of imidazole rings is 1. The van der Waals surface area contributed by atoms with Crippen molar-refractivity contribution >= 4 is 17.0 Å². The summed E-state index contributed by atoms with van der Waals surface area (Å²) in [6.07, 6.45) is 2.58. The Labute approximate surface area is 108 Å². The minimum atomic E-state index is 0.565. The lowest BCUT2D eigenvalue weighted by molar-refractivity contribution is 0.434. The van der Waals surface area contributed by atoms with Crippen LogP contribution in [0.3, 0.4) is 0 Å². The van der Waals surface area contributed by atoms with E-state index in [9.17, 15) is 0 Å². The number of nitrogens with one attached hydrogen (secondary N) is 1. The number of hydrogen-bond acceptors (Lipinski definition) is 2. The maximum Gasteiger partial charge on any atom is 0.203 e. The van der Waals surface area contributed by atoms with Crippen LogP contribution >= 0.6 is 0 Å². The largest absolute Gasteiger partial charge is 0.353 e. The van der Waals surface area contributed by atoms with Crippen LogP contribution in [0.1, 0.15) is 26.7 Å². The fourth-order valence-electron chi connectivity index (χ4n) is 3.01. The van der Waals surface area contributed by atoms with E-state index in [4.69, 9.17) is 0 Å². The van der Waals surface area contributed by atoms with Crippen LogP contribution in [0, 0.1) is 11.8 Å². The van der Waals surface area contributed by atoms with E-state index in [2.05, 4.69) is 54.0 Å². The van der Waals surface area contributed by atoms with Crippen LogP contribution in [-0.2, 0) is 7.05 Å². The molecule has 0 amide bonds. The summed E-state index contributed by atoms with van der Waals surface area (Å²) in [6.45, 7) is 4.69. The van der Waals surface area contributed by atoms with E-state index in [0.717, 1.165) is 23.3 Å². The molecular weight excluding hydrogens is 222 g/mol. The zero-order valence-electron chi connectivity index (χ0n) is 11.4. The summed E-state index contributed by atoms with van der Waals surface area (Å²) in [5.74, 6) is 2.55. The van der Waals surface area contributed by atoms with Crippen molar-refractivity contribution in [3.8, 4) is 0 Å². The normalized spacial score (nSPS) is 27.8. The molecule has 0 bridgehead atoms. The van der Waals surface area contributed by atoms with E-state index in [1.54, 1.807) is 0 Å². The highest BCUT2D eigenvalue weighted by molar-refractivity contribution is 5.78. The highest BCUT2D eigenvalue weighted by atomic mass is 15.2. The molecule has 0 spiro atoms. The Morgan fingerprint density at radius 3 is 2.67 bits per heavy atom. The highest BCUT2D eigenvalue weighted by Crippen LogP contribution is 2.33. The van der Waals surface area contributed by atoms with E-state index >= 15 is 0 Å². The summed E-state index contributed by atoms with van der Waals surface area (Å²) in [6, 6.07) is 8.86. The fraction of sp³-hybridized carbons (Fsp3) is 0.533. The van der Waals surface area contributed by atoms with E-state index in [1.165, 1.54) is 18.4 Å². The number of nitrogens with zero attached hydrogens (tertiary/aromatic N) is 2.